The Balaban J connectivity index is 2.03. The van der Waals surface area contributed by atoms with Gasteiger partial charge in [-0.2, -0.15) is 0 Å². The molecular formula is C23H26N2O6. The fourth-order valence-corrected chi connectivity index (χ4v) is 3.44. The molecule has 1 aliphatic heterocycles. The minimum atomic E-state index is -0.734. The quantitative estimate of drug-likeness (QED) is 0.628. The van der Waals surface area contributed by atoms with Crippen LogP contribution in [-0.2, 0) is 16.1 Å². The highest BCUT2D eigenvalue weighted by atomic mass is 16.5. The van der Waals surface area contributed by atoms with E-state index in [0.29, 0.717) is 47.1 Å². The number of methoxy groups -OCH3 is 3. The number of hydrogen-bond acceptors (Lipinski definition) is 6. The summed E-state index contributed by atoms with van der Waals surface area (Å²) in [7, 11) is 4.34. The predicted octanol–water partition coefficient (Wildman–Crippen LogP) is 3.47. The first-order chi connectivity index (χ1) is 15.0. The van der Waals surface area contributed by atoms with E-state index in [1.54, 1.807) is 12.1 Å². The first kappa shape index (κ1) is 22.0. The van der Waals surface area contributed by atoms with Crippen LogP contribution in [0.15, 0.2) is 53.7 Å². The van der Waals surface area contributed by atoms with Gasteiger partial charge in [0.05, 0.1) is 32.9 Å². The highest BCUT2D eigenvalue weighted by Crippen LogP contribution is 2.42. The molecule has 0 aliphatic carbocycles. The molecule has 2 aromatic carbocycles. The molecule has 0 spiro atoms. The summed E-state index contributed by atoms with van der Waals surface area (Å²) in [6, 6.07) is 12.0. The molecule has 0 saturated heterocycles. The van der Waals surface area contributed by atoms with Crippen LogP contribution in [0.4, 0.5) is 4.79 Å². The van der Waals surface area contributed by atoms with E-state index in [0.717, 1.165) is 5.56 Å². The second kappa shape index (κ2) is 9.88. The zero-order valence-corrected chi connectivity index (χ0v) is 18.0. The van der Waals surface area contributed by atoms with E-state index in [1.807, 2.05) is 37.3 Å². The van der Waals surface area contributed by atoms with Gasteiger partial charge in [0, 0.05) is 5.70 Å². The molecule has 2 amide bonds. The van der Waals surface area contributed by atoms with Gasteiger partial charge in [0.1, 0.15) is 6.61 Å². The Labute approximate surface area is 181 Å². The van der Waals surface area contributed by atoms with Crippen LogP contribution in [0.2, 0.25) is 0 Å². The van der Waals surface area contributed by atoms with E-state index < -0.39 is 18.0 Å². The van der Waals surface area contributed by atoms with Gasteiger partial charge in [-0.15, -0.1) is 0 Å². The van der Waals surface area contributed by atoms with Gasteiger partial charge in [-0.25, -0.2) is 9.59 Å². The molecule has 3 rings (SSSR count). The number of carbonyl (C=O) groups excluding carboxylic acids is 2. The molecule has 0 aromatic heterocycles. The Morgan fingerprint density at radius 2 is 1.68 bits per heavy atom. The summed E-state index contributed by atoms with van der Waals surface area (Å²) in [5.74, 6) is 0.731. The van der Waals surface area contributed by atoms with Gasteiger partial charge in [0.2, 0.25) is 5.75 Å². The van der Waals surface area contributed by atoms with Gasteiger partial charge in [-0.3, -0.25) is 0 Å². The van der Waals surface area contributed by atoms with Crippen LogP contribution in [0.1, 0.15) is 30.5 Å². The maximum absolute atomic E-state index is 12.5. The van der Waals surface area contributed by atoms with Crippen molar-refractivity contribution in [3.05, 3.63) is 64.9 Å². The Kier molecular flexibility index (Phi) is 7.02. The third kappa shape index (κ3) is 4.74. The van der Waals surface area contributed by atoms with E-state index >= 15 is 0 Å². The normalized spacial score (nSPS) is 15.6. The average Bonchev–Trinajstić information content (AvgIpc) is 2.81. The van der Waals surface area contributed by atoms with Gasteiger partial charge in [0.15, 0.2) is 11.5 Å². The van der Waals surface area contributed by atoms with Gasteiger partial charge in [-0.05, 0) is 29.7 Å². The Morgan fingerprint density at radius 1 is 1.03 bits per heavy atom. The Morgan fingerprint density at radius 3 is 2.23 bits per heavy atom. The van der Waals surface area contributed by atoms with Crippen molar-refractivity contribution >= 4 is 12.0 Å². The predicted molar refractivity (Wildman–Crippen MR) is 114 cm³/mol. The van der Waals surface area contributed by atoms with Crippen molar-refractivity contribution in [1.82, 2.24) is 10.6 Å². The lowest BCUT2D eigenvalue weighted by Crippen LogP contribution is -2.45. The Bertz CT molecular complexity index is 962. The molecule has 0 saturated carbocycles. The molecule has 0 bridgehead atoms. The van der Waals surface area contributed by atoms with Crippen LogP contribution in [0.25, 0.3) is 0 Å². The Hall–Kier alpha value is -3.68. The minimum absolute atomic E-state index is 0.324. The van der Waals surface area contributed by atoms with Crippen LogP contribution in [0.5, 0.6) is 17.2 Å². The summed E-state index contributed by atoms with van der Waals surface area (Å²) in [5, 5.41) is 5.46. The fourth-order valence-electron chi connectivity index (χ4n) is 3.44. The molecule has 2 aromatic rings. The molecule has 1 heterocycles. The maximum Gasteiger partial charge on any atom is 0.337 e. The van der Waals surface area contributed by atoms with Crippen LogP contribution < -0.4 is 24.8 Å². The summed E-state index contributed by atoms with van der Waals surface area (Å²) in [4.78, 5) is 24.7. The largest absolute Gasteiger partial charge is 0.493 e. The van der Waals surface area contributed by atoms with Crippen LogP contribution in [0, 0.1) is 0 Å². The molecule has 0 fully saturated rings. The number of urea groups is 1. The zero-order chi connectivity index (χ0) is 22.4. The summed E-state index contributed by atoms with van der Waals surface area (Å²) < 4.78 is 22.0. The molecule has 2 N–H and O–H groups in total. The molecule has 164 valence electrons. The van der Waals surface area contributed by atoms with Gasteiger partial charge >= 0.3 is 12.0 Å². The summed E-state index contributed by atoms with van der Waals surface area (Å²) in [5.41, 5.74) is 2.42. The summed E-state index contributed by atoms with van der Waals surface area (Å²) in [6.45, 7) is 2.17. The average molecular weight is 426 g/mol. The van der Waals surface area contributed by atoms with Crippen molar-refractivity contribution in [2.45, 2.75) is 26.0 Å². The second-order valence-electron chi connectivity index (χ2n) is 6.80. The van der Waals surface area contributed by atoms with Gasteiger partial charge in [-0.1, -0.05) is 37.3 Å². The van der Waals surface area contributed by atoms with E-state index in [2.05, 4.69) is 10.6 Å². The highest BCUT2D eigenvalue weighted by molar-refractivity contribution is 5.95. The smallest absolute Gasteiger partial charge is 0.337 e. The topological polar surface area (TPSA) is 95.1 Å². The molecule has 8 heteroatoms. The number of nitrogens with one attached hydrogen (secondary N) is 2. The summed E-state index contributed by atoms with van der Waals surface area (Å²) in [6.07, 6.45) is 0.459. The van der Waals surface area contributed by atoms with E-state index in [4.69, 9.17) is 18.9 Å². The number of hydrogen-bond donors (Lipinski definition) is 2. The van der Waals surface area contributed by atoms with Crippen LogP contribution in [-0.4, -0.2) is 33.3 Å². The van der Waals surface area contributed by atoms with Crippen molar-refractivity contribution in [3.8, 4) is 17.2 Å². The lowest BCUT2D eigenvalue weighted by molar-refractivity contribution is -0.136. The van der Waals surface area contributed by atoms with Crippen molar-refractivity contribution in [2.75, 3.05) is 21.3 Å². The molecule has 1 atom stereocenters. The molecule has 31 heavy (non-hydrogen) atoms. The van der Waals surface area contributed by atoms with Crippen molar-refractivity contribution < 1.29 is 28.5 Å². The number of carbonyl (C=O) groups is 2. The van der Waals surface area contributed by atoms with Crippen LogP contribution in [0.3, 0.4) is 0 Å². The lowest BCUT2D eigenvalue weighted by atomic mass is 9.94. The molecule has 0 radical (unpaired) electrons. The van der Waals surface area contributed by atoms with E-state index in [9.17, 15) is 9.59 Å². The molecular weight excluding hydrogens is 400 g/mol. The van der Waals surface area contributed by atoms with Crippen molar-refractivity contribution in [1.29, 1.82) is 0 Å². The second-order valence-corrected chi connectivity index (χ2v) is 6.80. The number of benzene rings is 2. The number of amides is 2. The van der Waals surface area contributed by atoms with Crippen molar-refractivity contribution in [3.63, 3.8) is 0 Å². The van der Waals surface area contributed by atoms with Gasteiger partial charge < -0.3 is 29.6 Å². The maximum atomic E-state index is 12.5. The standard InChI is InChI=1S/C23H26N2O6/c1-5-16-19(22(26)30-4)20(25-23(27)24-16)15-11-17(28-2)21(18(12-15)29-3)31-13-14-9-7-6-8-10-14/h6-12,20H,5,13H2,1-4H3,(H2,24,25,27). The SMILES string of the molecule is CCC1=C(C(=O)OC)C(c2cc(OC)c(OCc3ccccc3)c(OC)c2)NC(=O)N1. The van der Waals surface area contributed by atoms with Crippen LogP contribution >= 0.6 is 0 Å². The first-order valence-electron chi connectivity index (χ1n) is 9.83. The van der Waals surface area contributed by atoms with E-state index in [-0.39, 0.29) is 0 Å². The zero-order valence-electron chi connectivity index (χ0n) is 18.0. The number of allylic oxidation sites excluding steroid dienone is 1. The molecule has 1 unspecified atom stereocenters. The fraction of sp³-hybridized carbons (Fsp3) is 0.304. The minimum Gasteiger partial charge on any atom is -0.493 e. The third-order valence-corrected chi connectivity index (χ3v) is 4.95. The number of ether oxygens (including phenoxy) is 4. The van der Waals surface area contributed by atoms with E-state index in [1.165, 1.54) is 21.3 Å². The van der Waals surface area contributed by atoms with Crippen molar-refractivity contribution in [2.24, 2.45) is 0 Å². The van der Waals surface area contributed by atoms with Gasteiger partial charge in [0.25, 0.3) is 0 Å². The monoisotopic (exact) mass is 426 g/mol. The lowest BCUT2D eigenvalue weighted by Gasteiger charge is -2.29. The highest BCUT2D eigenvalue weighted by Gasteiger charge is 2.34. The number of esters is 1. The summed E-state index contributed by atoms with van der Waals surface area (Å²) >= 11 is 0. The number of rotatable bonds is 8. The third-order valence-electron chi connectivity index (χ3n) is 4.95. The molecule has 1 aliphatic rings. The first-order valence-corrected chi connectivity index (χ1v) is 9.83. The molecule has 8 nitrogen and oxygen atoms in total.